The van der Waals surface area contributed by atoms with E-state index in [0.717, 1.165) is 16.9 Å². The highest BCUT2D eigenvalue weighted by Gasteiger charge is 2.24. The minimum absolute atomic E-state index is 0.0908. The van der Waals surface area contributed by atoms with E-state index in [0.29, 0.717) is 28.7 Å². The summed E-state index contributed by atoms with van der Waals surface area (Å²) in [5.41, 5.74) is 2.10. The van der Waals surface area contributed by atoms with Gasteiger partial charge in [0.2, 0.25) is 0 Å². The monoisotopic (exact) mass is 367 g/mol. The number of fused-ring (bicyclic) bond motifs is 2. The van der Waals surface area contributed by atoms with Crippen LogP contribution in [0.25, 0.3) is 22.6 Å². The first kappa shape index (κ1) is 16.3. The molecule has 1 aliphatic rings. The summed E-state index contributed by atoms with van der Waals surface area (Å²) in [6.45, 7) is 0. The first-order valence-electron chi connectivity index (χ1n) is 7.91. The van der Waals surface area contributed by atoms with Gasteiger partial charge >= 0.3 is 11.9 Å². The molecule has 0 atom stereocenters. The maximum Gasteiger partial charge on any atom is 0.394 e. The summed E-state index contributed by atoms with van der Waals surface area (Å²) < 4.78 is 5.97. The number of amides is 1. The van der Waals surface area contributed by atoms with Crippen molar-refractivity contribution in [3.8, 4) is 0 Å². The molecule has 1 aromatic carbocycles. The fraction of sp³-hybridized carbons (Fsp3) is 0.105. The molecule has 0 radical (unpaired) electrons. The second-order valence-electron chi connectivity index (χ2n) is 5.89. The van der Waals surface area contributed by atoms with Gasteiger partial charge in [-0.15, -0.1) is 11.3 Å². The third kappa shape index (κ3) is 2.82. The molecule has 3 aromatic rings. The molecule has 6 nitrogen and oxygen atoms in total. The van der Waals surface area contributed by atoms with Gasteiger partial charge in [-0.05, 0) is 48.1 Å². The SMILES string of the molecule is O=C(O)C(=O)Nc1ccc2c(=O)c3c(oc2c1)C(=Cc1cccs1)CC3. The highest BCUT2D eigenvalue weighted by Crippen LogP contribution is 2.35. The summed E-state index contributed by atoms with van der Waals surface area (Å²) in [5, 5.41) is 13.3. The standard InChI is InChI=1S/C19H13NO5S/c21-16-13-6-4-11(20-18(22)19(23)24)9-15(13)25-17-10(3-5-14(16)17)8-12-2-1-7-26-12/h1-2,4,6-9H,3,5H2,(H,20,22)(H,23,24). The van der Waals surface area contributed by atoms with Crippen LogP contribution in [0.3, 0.4) is 0 Å². The van der Waals surface area contributed by atoms with Gasteiger partial charge in [0.15, 0.2) is 5.43 Å². The van der Waals surface area contributed by atoms with Crippen LogP contribution < -0.4 is 10.7 Å². The van der Waals surface area contributed by atoms with Gasteiger partial charge in [-0.1, -0.05) is 6.07 Å². The molecule has 0 aliphatic heterocycles. The van der Waals surface area contributed by atoms with E-state index in [1.165, 1.54) is 12.1 Å². The average Bonchev–Trinajstić information content (AvgIpc) is 3.26. The number of allylic oxidation sites excluding steroid dienone is 1. The summed E-state index contributed by atoms with van der Waals surface area (Å²) in [6, 6.07) is 8.46. The number of carboxylic acids is 1. The number of thiophene rings is 1. The Hall–Kier alpha value is -3.19. The van der Waals surface area contributed by atoms with Crippen LogP contribution in [0.4, 0.5) is 5.69 Å². The Kier molecular flexibility index (Phi) is 3.93. The minimum Gasteiger partial charge on any atom is -0.474 e. The van der Waals surface area contributed by atoms with Crippen molar-refractivity contribution in [3.05, 3.63) is 62.1 Å². The Balaban J connectivity index is 1.81. The maximum absolute atomic E-state index is 12.7. The van der Waals surface area contributed by atoms with Gasteiger partial charge in [0.25, 0.3) is 0 Å². The zero-order valence-electron chi connectivity index (χ0n) is 13.4. The lowest BCUT2D eigenvalue weighted by atomic mass is 10.1. The van der Waals surface area contributed by atoms with Crippen LogP contribution in [-0.2, 0) is 16.0 Å². The third-order valence-electron chi connectivity index (χ3n) is 4.23. The number of hydrogen-bond acceptors (Lipinski definition) is 5. The first-order valence-corrected chi connectivity index (χ1v) is 8.79. The van der Waals surface area contributed by atoms with Crippen molar-refractivity contribution in [1.29, 1.82) is 0 Å². The molecule has 26 heavy (non-hydrogen) atoms. The van der Waals surface area contributed by atoms with Crippen LogP contribution in [0.2, 0.25) is 0 Å². The number of aliphatic carboxylic acids is 1. The molecule has 0 saturated heterocycles. The van der Waals surface area contributed by atoms with Gasteiger partial charge in [0.1, 0.15) is 11.3 Å². The van der Waals surface area contributed by atoms with Gasteiger partial charge in [-0.2, -0.15) is 0 Å². The molecule has 1 amide bonds. The number of carbonyl (C=O) groups excluding carboxylic acids is 1. The number of anilines is 1. The fourth-order valence-corrected chi connectivity index (χ4v) is 3.72. The van der Waals surface area contributed by atoms with Gasteiger partial charge < -0.3 is 14.8 Å². The number of rotatable bonds is 2. The van der Waals surface area contributed by atoms with E-state index in [-0.39, 0.29) is 11.1 Å². The molecule has 130 valence electrons. The van der Waals surface area contributed by atoms with Crippen molar-refractivity contribution in [2.45, 2.75) is 12.8 Å². The maximum atomic E-state index is 12.7. The second kappa shape index (κ2) is 6.27. The van der Waals surface area contributed by atoms with Crippen LogP contribution in [-0.4, -0.2) is 17.0 Å². The Morgan fingerprint density at radius 3 is 2.81 bits per heavy atom. The van der Waals surface area contributed by atoms with E-state index in [1.807, 2.05) is 23.6 Å². The summed E-state index contributed by atoms with van der Waals surface area (Å²) in [6.07, 6.45) is 3.37. The lowest BCUT2D eigenvalue weighted by Crippen LogP contribution is -2.21. The minimum atomic E-state index is -1.58. The highest BCUT2D eigenvalue weighted by molar-refractivity contribution is 7.10. The molecule has 2 N–H and O–H groups in total. The van der Waals surface area contributed by atoms with E-state index in [9.17, 15) is 14.4 Å². The van der Waals surface area contributed by atoms with Crippen molar-refractivity contribution in [2.75, 3.05) is 5.32 Å². The van der Waals surface area contributed by atoms with Gasteiger partial charge in [0.05, 0.1) is 5.39 Å². The van der Waals surface area contributed by atoms with Crippen molar-refractivity contribution in [1.82, 2.24) is 0 Å². The number of nitrogens with one attached hydrogen (secondary N) is 1. The molecular weight excluding hydrogens is 354 g/mol. The van der Waals surface area contributed by atoms with E-state index in [2.05, 4.69) is 5.32 Å². The van der Waals surface area contributed by atoms with Crippen molar-refractivity contribution in [3.63, 3.8) is 0 Å². The predicted octanol–water partition coefficient (Wildman–Crippen LogP) is 3.36. The van der Waals surface area contributed by atoms with Crippen LogP contribution >= 0.6 is 11.3 Å². The van der Waals surface area contributed by atoms with Crippen LogP contribution in [0, 0.1) is 0 Å². The van der Waals surface area contributed by atoms with Crippen LogP contribution in [0.5, 0.6) is 0 Å². The molecule has 7 heteroatoms. The molecule has 2 heterocycles. The number of benzene rings is 1. The zero-order valence-corrected chi connectivity index (χ0v) is 14.3. The van der Waals surface area contributed by atoms with E-state index in [1.54, 1.807) is 17.4 Å². The molecule has 0 unspecified atom stereocenters. The second-order valence-corrected chi connectivity index (χ2v) is 6.87. The highest BCUT2D eigenvalue weighted by atomic mass is 32.1. The molecule has 1 aliphatic carbocycles. The van der Waals surface area contributed by atoms with Crippen LogP contribution in [0.1, 0.15) is 22.6 Å². The van der Waals surface area contributed by atoms with Gasteiger partial charge in [-0.3, -0.25) is 9.59 Å². The Morgan fingerprint density at radius 2 is 2.08 bits per heavy atom. The van der Waals surface area contributed by atoms with E-state index in [4.69, 9.17) is 9.52 Å². The smallest absolute Gasteiger partial charge is 0.394 e. The number of carboxylic acid groups (broad SMARTS) is 1. The zero-order chi connectivity index (χ0) is 18.3. The molecular formula is C19H13NO5S. The average molecular weight is 367 g/mol. The Bertz CT molecular complexity index is 1120. The van der Waals surface area contributed by atoms with Gasteiger partial charge in [0, 0.05) is 22.2 Å². The summed E-state index contributed by atoms with van der Waals surface area (Å²) in [4.78, 5) is 35.8. The number of hydrogen-bond donors (Lipinski definition) is 2. The Labute approximate surface area is 151 Å². The molecule has 0 fully saturated rings. The predicted molar refractivity (Wildman–Crippen MR) is 99.3 cm³/mol. The first-order chi connectivity index (χ1) is 12.5. The molecule has 0 saturated carbocycles. The Morgan fingerprint density at radius 1 is 1.23 bits per heavy atom. The molecule has 2 aromatic heterocycles. The van der Waals surface area contributed by atoms with Crippen LogP contribution in [0.15, 0.2) is 44.9 Å². The number of carbonyl (C=O) groups is 2. The molecule has 0 spiro atoms. The normalized spacial score (nSPS) is 14.5. The van der Waals surface area contributed by atoms with Crippen molar-refractivity contribution >= 4 is 51.5 Å². The molecule has 0 bridgehead atoms. The fourth-order valence-electron chi connectivity index (χ4n) is 3.04. The van der Waals surface area contributed by atoms with Crippen molar-refractivity contribution < 1.29 is 19.1 Å². The van der Waals surface area contributed by atoms with Gasteiger partial charge in [-0.25, -0.2) is 4.79 Å². The van der Waals surface area contributed by atoms with E-state index < -0.39 is 11.9 Å². The summed E-state index contributed by atoms with van der Waals surface area (Å²) in [7, 11) is 0. The lowest BCUT2D eigenvalue weighted by Gasteiger charge is -2.06. The topological polar surface area (TPSA) is 96.6 Å². The third-order valence-corrected chi connectivity index (χ3v) is 5.05. The molecule has 4 rings (SSSR count). The van der Waals surface area contributed by atoms with Crippen molar-refractivity contribution in [2.24, 2.45) is 0 Å². The van der Waals surface area contributed by atoms with E-state index >= 15 is 0 Å². The summed E-state index contributed by atoms with van der Waals surface area (Å²) in [5.74, 6) is -2.16. The quantitative estimate of drug-likeness (QED) is 0.677. The summed E-state index contributed by atoms with van der Waals surface area (Å²) >= 11 is 1.60. The lowest BCUT2D eigenvalue weighted by molar-refractivity contribution is -0.147. The largest absolute Gasteiger partial charge is 0.474 e.